The van der Waals surface area contributed by atoms with Crippen molar-refractivity contribution >= 4 is 22.4 Å². The minimum Gasteiger partial charge on any atom is -0.328 e. The molecule has 1 aromatic carbocycles. The highest BCUT2D eigenvalue weighted by Crippen LogP contribution is 2.23. The Bertz CT molecular complexity index is 534. The van der Waals surface area contributed by atoms with Crippen molar-refractivity contribution in [1.29, 1.82) is 0 Å². The maximum atomic E-state index is 12.2. The molecule has 2 rings (SSSR count). The van der Waals surface area contributed by atoms with Crippen molar-refractivity contribution in [1.82, 2.24) is 4.72 Å². The molecule has 0 saturated heterocycles. The van der Waals surface area contributed by atoms with Crippen LogP contribution in [0.15, 0.2) is 29.2 Å². The molecule has 2 unspecified atom stereocenters. The van der Waals surface area contributed by atoms with Crippen LogP contribution in [0.2, 0.25) is 0 Å². The van der Waals surface area contributed by atoms with E-state index in [4.69, 9.17) is 5.73 Å². The van der Waals surface area contributed by atoms with Crippen molar-refractivity contribution in [2.45, 2.75) is 43.5 Å². The average Bonchev–Trinajstić information content (AvgIpc) is 2.37. The lowest BCUT2D eigenvalue weighted by molar-refractivity contribution is 0.322. The van der Waals surface area contributed by atoms with E-state index in [-0.39, 0.29) is 18.4 Å². The Kier molecular flexibility index (Phi) is 6.45. The summed E-state index contributed by atoms with van der Waals surface area (Å²) in [7, 11) is -3.39. The third kappa shape index (κ3) is 4.74. The summed E-state index contributed by atoms with van der Waals surface area (Å²) >= 11 is 0. The number of nitrogens with one attached hydrogen (secondary N) is 1. The number of sulfonamides is 1. The van der Waals surface area contributed by atoms with Gasteiger partial charge in [-0.25, -0.2) is 13.1 Å². The van der Waals surface area contributed by atoms with Gasteiger partial charge in [-0.05, 0) is 49.8 Å². The summed E-state index contributed by atoms with van der Waals surface area (Å²) in [5, 5.41) is 0. The van der Waals surface area contributed by atoms with Gasteiger partial charge in [0.2, 0.25) is 10.0 Å². The highest BCUT2D eigenvalue weighted by atomic mass is 35.5. The van der Waals surface area contributed by atoms with Crippen molar-refractivity contribution in [3.8, 4) is 0 Å². The predicted octanol–water partition coefficient (Wildman–Crippen LogP) is 2.21. The van der Waals surface area contributed by atoms with Crippen LogP contribution in [-0.4, -0.2) is 21.0 Å². The molecule has 0 aliphatic heterocycles. The van der Waals surface area contributed by atoms with Gasteiger partial charge < -0.3 is 5.73 Å². The van der Waals surface area contributed by atoms with Gasteiger partial charge in [-0.2, -0.15) is 0 Å². The summed E-state index contributed by atoms with van der Waals surface area (Å²) in [4.78, 5) is 0.340. The molecule has 0 heterocycles. The van der Waals surface area contributed by atoms with Gasteiger partial charge >= 0.3 is 0 Å². The quantitative estimate of drug-likeness (QED) is 0.894. The number of hydrogen-bond donors (Lipinski definition) is 2. The van der Waals surface area contributed by atoms with E-state index in [0.29, 0.717) is 17.4 Å². The topological polar surface area (TPSA) is 72.2 Å². The zero-order valence-corrected chi connectivity index (χ0v) is 13.3. The number of hydrogen-bond acceptors (Lipinski definition) is 3. The molecule has 1 fully saturated rings. The van der Waals surface area contributed by atoms with E-state index in [1.54, 1.807) is 18.2 Å². The first-order chi connectivity index (χ1) is 8.97. The van der Waals surface area contributed by atoms with Crippen LogP contribution in [0.4, 0.5) is 0 Å². The third-order valence-corrected chi connectivity index (χ3v) is 5.11. The second-order valence-corrected chi connectivity index (χ2v) is 7.23. The second-order valence-electron chi connectivity index (χ2n) is 5.46. The molecule has 1 aromatic rings. The molecule has 2 atom stereocenters. The molecule has 1 aliphatic rings. The first-order valence-corrected chi connectivity index (χ1v) is 8.27. The fourth-order valence-corrected chi connectivity index (χ4v) is 3.83. The Balaban J connectivity index is 0.00000200. The number of benzene rings is 1. The molecule has 20 heavy (non-hydrogen) atoms. The van der Waals surface area contributed by atoms with Gasteiger partial charge in [0.15, 0.2) is 0 Å². The first kappa shape index (κ1) is 17.4. The number of nitrogens with two attached hydrogens (primary N) is 1. The molecule has 0 radical (unpaired) electrons. The van der Waals surface area contributed by atoms with E-state index in [1.807, 2.05) is 13.0 Å². The SMILES string of the molecule is Cc1cccc(S(=O)(=O)NCC2CCCC(N)C2)c1.Cl. The molecule has 1 aliphatic carbocycles. The molecule has 114 valence electrons. The van der Waals surface area contributed by atoms with Crippen LogP contribution in [0.1, 0.15) is 31.2 Å². The monoisotopic (exact) mass is 318 g/mol. The fourth-order valence-electron chi connectivity index (χ4n) is 2.61. The Morgan fingerprint density at radius 2 is 2.10 bits per heavy atom. The minimum absolute atomic E-state index is 0. The Labute approximate surface area is 127 Å². The van der Waals surface area contributed by atoms with Gasteiger partial charge in [-0.3, -0.25) is 0 Å². The standard InChI is InChI=1S/C14H22N2O2S.ClH/c1-11-4-2-7-14(8-11)19(17,18)16-10-12-5-3-6-13(15)9-12;/h2,4,7-8,12-13,16H,3,5-6,9-10,15H2,1H3;1H. The Morgan fingerprint density at radius 1 is 1.35 bits per heavy atom. The summed E-state index contributed by atoms with van der Waals surface area (Å²) in [6, 6.07) is 7.19. The number of halogens is 1. The zero-order chi connectivity index (χ0) is 13.9. The molecular formula is C14H23ClN2O2S. The number of rotatable bonds is 4. The van der Waals surface area contributed by atoms with Crippen LogP contribution in [0.25, 0.3) is 0 Å². The van der Waals surface area contributed by atoms with Gasteiger partial charge in [-0.1, -0.05) is 18.6 Å². The largest absolute Gasteiger partial charge is 0.328 e. The van der Waals surface area contributed by atoms with Crippen LogP contribution in [-0.2, 0) is 10.0 Å². The highest BCUT2D eigenvalue weighted by molar-refractivity contribution is 7.89. The normalized spacial score (nSPS) is 23.1. The molecule has 6 heteroatoms. The van der Waals surface area contributed by atoms with Gasteiger partial charge in [0, 0.05) is 12.6 Å². The van der Waals surface area contributed by atoms with Gasteiger partial charge in [0.1, 0.15) is 0 Å². The average molecular weight is 319 g/mol. The van der Waals surface area contributed by atoms with Crippen molar-refractivity contribution in [3.63, 3.8) is 0 Å². The molecule has 0 spiro atoms. The summed E-state index contributed by atoms with van der Waals surface area (Å²) in [6.45, 7) is 2.38. The van der Waals surface area contributed by atoms with Crippen LogP contribution in [0.5, 0.6) is 0 Å². The van der Waals surface area contributed by atoms with Crippen molar-refractivity contribution < 1.29 is 8.42 Å². The fraction of sp³-hybridized carbons (Fsp3) is 0.571. The predicted molar refractivity (Wildman–Crippen MR) is 83.5 cm³/mol. The Morgan fingerprint density at radius 3 is 2.75 bits per heavy atom. The number of aryl methyl sites for hydroxylation is 1. The van der Waals surface area contributed by atoms with E-state index >= 15 is 0 Å². The molecular weight excluding hydrogens is 296 g/mol. The van der Waals surface area contributed by atoms with E-state index < -0.39 is 10.0 Å². The van der Waals surface area contributed by atoms with Gasteiger partial charge in [0.25, 0.3) is 0 Å². The molecule has 0 amide bonds. The van der Waals surface area contributed by atoms with Crippen molar-refractivity contribution in [3.05, 3.63) is 29.8 Å². The van der Waals surface area contributed by atoms with Crippen LogP contribution in [0.3, 0.4) is 0 Å². The zero-order valence-electron chi connectivity index (χ0n) is 11.7. The van der Waals surface area contributed by atoms with Crippen molar-refractivity contribution in [2.75, 3.05) is 6.54 Å². The molecule has 3 N–H and O–H groups in total. The molecule has 0 aromatic heterocycles. The van der Waals surface area contributed by atoms with E-state index in [2.05, 4.69) is 4.72 Å². The van der Waals surface area contributed by atoms with E-state index in [9.17, 15) is 8.42 Å². The summed E-state index contributed by atoms with van der Waals surface area (Å²) in [5.74, 6) is 0.364. The Hall–Kier alpha value is -0.620. The molecule has 4 nitrogen and oxygen atoms in total. The maximum Gasteiger partial charge on any atom is 0.240 e. The highest BCUT2D eigenvalue weighted by Gasteiger charge is 2.21. The second kappa shape index (κ2) is 7.41. The summed E-state index contributed by atoms with van der Waals surface area (Å²) in [6.07, 6.45) is 4.12. The lowest BCUT2D eigenvalue weighted by Crippen LogP contribution is -2.35. The lowest BCUT2D eigenvalue weighted by Gasteiger charge is -2.26. The molecule has 0 bridgehead atoms. The molecule has 1 saturated carbocycles. The minimum atomic E-state index is -3.39. The van der Waals surface area contributed by atoms with E-state index in [1.165, 1.54) is 0 Å². The summed E-state index contributed by atoms with van der Waals surface area (Å²) < 4.78 is 27.0. The maximum absolute atomic E-state index is 12.2. The van der Waals surface area contributed by atoms with Crippen LogP contribution >= 0.6 is 12.4 Å². The van der Waals surface area contributed by atoms with Gasteiger partial charge in [-0.15, -0.1) is 12.4 Å². The lowest BCUT2D eigenvalue weighted by atomic mass is 9.86. The first-order valence-electron chi connectivity index (χ1n) is 6.79. The van der Waals surface area contributed by atoms with Crippen molar-refractivity contribution in [2.24, 2.45) is 11.7 Å². The van der Waals surface area contributed by atoms with Gasteiger partial charge in [0.05, 0.1) is 4.90 Å². The smallest absolute Gasteiger partial charge is 0.240 e. The van der Waals surface area contributed by atoms with E-state index in [0.717, 1.165) is 31.2 Å². The summed E-state index contributed by atoms with van der Waals surface area (Å²) in [5.41, 5.74) is 6.87. The van der Waals surface area contributed by atoms with Crippen LogP contribution < -0.4 is 10.5 Å². The van der Waals surface area contributed by atoms with Crippen LogP contribution in [0, 0.1) is 12.8 Å². The third-order valence-electron chi connectivity index (χ3n) is 3.69.